The molecule has 108 valence electrons. The molecule has 1 aromatic carbocycles. The van der Waals surface area contributed by atoms with E-state index in [-0.39, 0.29) is 6.61 Å². The van der Waals surface area contributed by atoms with Crippen LogP contribution in [0.25, 0.3) is 0 Å². The summed E-state index contributed by atoms with van der Waals surface area (Å²) in [6.45, 7) is 7.93. The van der Waals surface area contributed by atoms with Gasteiger partial charge in [-0.3, -0.25) is 0 Å². The van der Waals surface area contributed by atoms with E-state index < -0.39 is 0 Å². The Morgan fingerprint density at radius 1 is 1.26 bits per heavy atom. The van der Waals surface area contributed by atoms with E-state index in [0.717, 1.165) is 18.0 Å². The van der Waals surface area contributed by atoms with Crippen molar-refractivity contribution >= 4 is 0 Å². The Kier molecular flexibility index (Phi) is 7.76. The van der Waals surface area contributed by atoms with E-state index in [9.17, 15) is 5.11 Å². The summed E-state index contributed by atoms with van der Waals surface area (Å²) < 4.78 is 0. The minimum atomic E-state index is 0.120. The summed E-state index contributed by atoms with van der Waals surface area (Å²) in [5.74, 6) is 0.781. The van der Waals surface area contributed by atoms with Crippen LogP contribution in [-0.4, -0.2) is 11.7 Å². The first-order valence-corrected chi connectivity index (χ1v) is 7.64. The lowest BCUT2D eigenvalue weighted by Crippen LogP contribution is -2.25. The predicted octanol–water partition coefficient (Wildman–Crippen LogP) is 4.05. The summed E-state index contributed by atoms with van der Waals surface area (Å²) in [5.41, 5.74) is 2.25. The van der Waals surface area contributed by atoms with Gasteiger partial charge in [0.25, 0.3) is 0 Å². The van der Waals surface area contributed by atoms with Gasteiger partial charge in [0, 0.05) is 6.04 Å². The first-order valence-electron chi connectivity index (χ1n) is 7.64. The van der Waals surface area contributed by atoms with Gasteiger partial charge in [-0.1, -0.05) is 57.4 Å². The van der Waals surface area contributed by atoms with Gasteiger partial charge in [-0.15, -0.1) is 0 Å². The number of rotatable bonds is 9. The zero-order valence-electron chi connectivity index (χ0n) is 12.7. The molecule has 0 bridgehead atoms. The van der Waals surface area contributed by atoms with Crippen LogP contribution in [0, 0.1) is 5.92 Å². The van der Waals surface area contributed by atoms with Crippen LogP contribution >= 0.6 is 0 Å². The predicted molar refractivity (Wildman–Crippen MR) is 82.1 cm³/mol. The number of hydrogen-bond acceptors (Lipinski definition) is 2. The normalized spacial score (nSPS) is 14.3. The van der Waals surface area contributed by atoms with Crippen LogP contribution < -0.4 is 5.32 Å². The second-order valence-corrected chi connectivity index (χ2v) is 5.45. The minimum absolute atomic E-state index is 0.120. The molecule has 0 amide bonds. The number of nitrogens with one attached hydrogen (secondary N) is 1. The third-order valence-corrected chi connectivity index (χ3v) is 3.89. The Labute approximate surface area is 118 Å². The highest BCUT2D eigenvalue weighted by atomic mass is 16.3. The second-order valence-electron chi connectivity index (χ2n) is 5.45. The maximum atomic E-state index is 9.18. The van der Waals surface area contributed by atoms with E-state index in [1.165, 1.54) is 31.2 Å². The van der Waals surface area contributed by atoms with E-state index in [2.05, 4.69) is 38.2 Å². The lowest BCUT2D eigenvalue weighted by atomic mass is 9.98. The van der Waals surface area contributed by atoms with Crippen LogP contribution in [-0.2, 0) is 6.61 Å². The fourth-order valence-corrected chi connectivity index (χ4v) is 2.37. The van der Waals surface area contributed by atoms with Crippen molar-refractivity contribution in [3.8, 4) is 0 Å². The van der Waals surface area contributed by atoms with Crippen LogP contribution in [0.1, 0.15) is 63.6 Å². The fraction of sp³-hybridized carbons (Fsp3) is 0.647. The molecule has 1 aromatic rings. The Morgan fingerprint density at radius 2 is 2.05 bits per heavy atom. The van der Waals surface area contributed by atoms with Crippen LogP contribution in [0.4, 0.5) is 0 Å². The fourth-order valence-electron chi connectivity index (χ4n) is 2.37. The highest BCUT2D eigenvalue weighted by molar-refractivity contribution is 5.25. The van der Waals surface area contributed by atoms with Gasteiger partial charge in [0.15, 0.2) is 0 Å². The largest absolute Gasteiger partial charge is 0.392 e. The van der Waals surface area contributed by atoms with Crippen molar-refractivity contribution in [2.24, 2.45) is 5.92 Å². The molecular weight excluding hydrogens is 234 g/mol. The Bertz CT molecular complexity index is 351. The lowest BCUT2D eigenvalue weighted by molar-refractivity contribution is 0.281. The standard InChI is InChI=1S/C17H29NO/c1-4-6-8-15(5-2)12-18-14(3)17-10-7-9-16(11-17)13-19/h7,9-11,14-15,18-19H,4-6,8,12-13H2,1-3H3/t14-,15+/m0/s1. The molecule has 0 spiro atoms. The number of unbranched alkanes of at least 4 members (excludes halogenated alkanes) is 1. The van der Waals surface area contributed by atoms with E-state index in [4.69, 9.17) is 0 Å². The molecule has 0 radical (unpaired) electrons. The van der Waals surface area contributed by atoms with Crippen LogP contribution in [0.2, 0.25) is 0 Å². The smallest absolute Gasteiger partial charge is 0.0681 e. The minimum Gasteiger partial charge on any atom is -0.392 e. The topological polar surface area (TPSA) is 32.3 Å². The van der Waals surface area contributed by atoms with Crippen LogP contribution in [0.5, 0.6) is 0 Å². The van der Waals surface area contributed by atoms with E-state index in [1.54, 1.807) is 0 Å². The SMILES string of the molecule is CCCC[C@@H](CC)CN[C@@H](C)c1cccc(CO)c1. The summed E-state index contributed by atoms with van der Waals surface area (Å²) in [4.78, 5) is 0. The molecular formula is C17H29NO. The van der Waals surface area contributed by atoms with E-state index >= 15 is 0 Å². The molecule has 19 heavy (non-hydrogen) atoms. The van der Waals surface area contributed by atoms with Gasteiger partial charge in [0.05, 0.1) is 6.61 Å². The van der Waals surface area contributed by atoms with Crippen molar-refractivity contribution in [3.05, 3.63) is 35.4 Å². The number of hydrogen-bond donors (Lipinski definition) is 2. The highest BCUT2D eigenvalue weighted by Gasteiger charge is 2.09. The van der Waals surface area contributed by atoms with Crippen LogP contribution in [0.3, 0.4) is 0 Å². The van der Waals surface area contributed by atoms with Gasteiger partial charge in [-0.25, -0.2) is 0 Å². The van der Waals surface area contributed by atoms with Crippen molar-refractivity contribution < 1.29 is 5.11 Å². The van der Waals surface area contributed by atoms with Crippen molar-refractivity contribution in [1.29, 1.82) is 0 Å². The molecule has 0 unspecified atom stereocenters. The van der Waals surface area contributed by atoms with E-state index in [1.807, 2.05) is 12.1 Å². The van der Waals surface area contributed by atoms with Gasteiger partial charge in [-0.05, 0) is 36.9 Å². The maximum Gasteiger partial charge on any atom is 0.0681 e. The zero-order valence-corrected chi connectivity index (χ0v) is 12.7. The van der Waals surface area contributed by atoms with Crippen molar-refractivity contribution in [3.63, 3.8) is 0 Å². The number of aliphatic hydroxyl groups is 1. The molecule has 0 saturated carbocycles. The maximum absolute atomic E-state index is 9.18. The molecule has 2 heteroatoms. The third-order valence-electron chi connectivity index (χ3n) is 3.89. The average Bonchev–Trinajstić information content (AvgIpc) is 2.47. The molecule has 0 aliphatic carbocycles. The summed E-state index contributed by atoms with van der Waals surface area (Å²) in [6.07, 6.45) is 5.18. The highest BCUT2D eigenvalue weighted by Crippen LogP contribution is 2.17. The molecule has 0 heterocycles. The average molecular weight is 263 g/mol. The Balaban J connectivity index is 2.46. The lowest BCUT2D eigenvalue weighted by Gasteiger charge is -2.20. The summed E-state index contributed by atoms with van der Waals surface area (Å²) in [7, 11) is 0. The summed E-state index contributed by atoms with van der Waals surface area (Å²) in [5, 5.41) is 12.8. The summed E-state index contributed by atoms with van der Waals surface area (Å²) in [6, 6.07) is 8.55. The van der Waals surface area contributed by atoms with E-state index in [0.29, 0.717) is 6.04 Å². The molecule has 2 nitrogen and oxygen atoms in total. The third kappa shape index (κ3) is 5.75. The quantitative estimate of drug-likeness (QED) is 0.704. The monoisotopic (exact) mass is 263 g/mol. The zero-order chi connectivity index (χ0) is 14.1. The molecule has 0 aromatic heterocycles. The molecule has 2 atom stereocenters. The molecule has 0 aliphatic rings. The second kappa shape index (κ2) is 9.11. The first-order chi connectivity index (χ1) is 9.21. The molecule has 0 aliphatic heterocycles. The number of benzene rings is 1. The van der Waals surface area contributed by atoms with Gasteiger partial charge in [-0.2, -0.15) is 0 Å². The van der Waals surface area contributed by atoms with Crippen LogP contribution in [0.15, 0.2) is 24.3 Å². The van der Waals surface area contributed by atoms with Crippen molar-refractivity contribution in [1.82, 2.24) is 5.32 Å². The van der Waals surface area contributed by atoms with Gasteiger partial charge in [0.1, 0.15) is 0 Å². The Hall–Kier alpha value is -0.860. The van der Waals surface area contributed by atoms with Gasteiger partial charge in [0.2, 0.25) is 0 Å². The van der Waals surface area contributed by atoms with Crippen molar-refractivity contribution in [2.45, 2.75) is 59.1 Å². The van der Waals surface area contributed by atoms with Gasteiger partial charge < -0.3 is 10.4 Å². The first kappa shape index (κ1) is 16.2. The molecule has 0 fully saturated rings. The molecule has 1 rings (SSSR count). The van der Waals surface area contributed by atoms with Gasteiger partial charge >= 0.3 is 0 Å². The van der Waals surface area contributed by atoms with Crippen molar-refractivity contribution in [2.75, 3.05) is 6.54 Å². The number of aliphatic hydroxyl groups excluding tert-OH is 1. The Morgan fingerprint density at radius 3 is 2.68 bits per heavy atom. The molecule has 2 N–H and O–H groups in total. The summed E-state index contributed by atoms with van der Waals surface area (Å²) >= 11 is 0. The molecule has 0 saturated heterocycles.